The largest absolute Gasteiger partial charge is 0.489 e. The van der Waals surface area contributed by atoms with Gasteiger partial charge in [0, 0.05) is 38.8 Å². The second-order valence-electron chi connectivity index (χ2n) is 5.95. The first-order valence-corrected chi connectivity index (χ1v) is 8.45. The van der Waals surface area contributed by atoms with Crippen molar-refractivity contribution in [2.75, 3.05) is 6.54 Å². The number of benzene rings is 1. The van der Waals surface area contributed by atoms with Gasteiger partial charge < -0.3 is 14.5 Å². The fourth-order valence-corrected chi connectivity index (χ4v) is 2.59. The van der Waals surface area contributed by atoms with Crippen molar-refractivity contribution in [2.24, 2.45) is 0 Å². The quantitative estimate of drug-likeness (QED) is 0.637. The van der Waals surface area contributed by atoms with Crippen LogP contribution in [0.5, 0.6) is 5.75 Å². The van der Waals surface area contributed by atoms with Crippen molar-refractivity contribution in [1.29, 1.82) is 0 Å². The first-order valence-electron chi connectivity index (χ1n) is 8.45. The van der Waals surface area contributed by atoms with E-state index < -0.39 is 0 Å². The summed E-state index contributed by atoms with van der Waals surface area (Å²) in [6.45, 7) is 6.08. The van der Waals surface area contributed by atoms with Crippen LogP contribution >= 0.6 is 0 Å². The molecule has 130 valence electrons. The molecule has 3 aromatic rings. The zero-order chi connectivity index (χ0) is 17.5. The molecule has 0 fully saturated rings. The van der Waals surface area contributed by atoms with Gasteiger partial charge in [0.25, 0.3) is 0 Å². The number of nitrogens with zero attached hydrogens (tertiary/aromatic N) is 2. The molecule has 0 amide bonds. The maximum atomic E-state index is 5.78. The predicted octanol–water partition coefficient (Wildman–Crippen LogP) is 3.60. The molecule has 1 N–H and O–H groups in total. The van der Waals surface area contributed by atoms with Crippen molar-refractivity contribution >= 4 is 0 Å². The SMILES string of the molecule is Cc1nc(CCNCc2ccc(OCc3ccncc3)cc2)c(C)o1. The number of aryl methyl sites for hydroxylation is 2. The molecule has 0 aliphatic rings. The summed E-state index contributed by atoms with van der Waals surface area (Å²) in [5.41, 5.74) is 3.37. The van der Waals surface area contributed by atoms with Gasteiger partial charge in [-0.2, -0.15) is 0 Å². The van der Waals surface area contributed by atoms with Gasteiger partial charge in [0.15, 0.2) is 5.89 Å². The Hall–Kier alpha value is -2.66. The topological polar surface area (TPSA) is 60.2 Å². The summed E-state index contributed by atoms with van der Waals surface area (Å²) < 4.78 is 11.2. The van der Waals surface area contributed by atoms with E-state index >= 15 is 0 Å². The molecule has 2 aromatic heterocycles. The molecule has 25 heavy (non-hydrogen) atoms. The Kier molecular flexibility index (Phi) is 5.80. The number of rotatable bonds is 8. The van der Waals surface area contributed by atoms with E-state index in [1.807, 2.05) is 38.1 Å². The van der Waals surface area contributed by atoms with E-state index in [0.29, 0.717) is 6.61 Å². The second kappa shape index (κ2) is 8.44. The lowest BCUT2D eigenvalue weighted by Gasteiger charge is -2.08. The first kappa shape index (κ1) is 17.2. The summed E-state index contributed by atoms with van der Waals surface area (Å²) in [7, 11) is 0. The highest BCUT2D eigenvalue weighted by Crippen LogP contribution is 2.14. The number of oxazole rings is 1. The summed E-state index contributed by atoms with van der Waals surface area (Å²) in [6, 6.07) is 12.1. The number of hydrogen-bond acceptors (Lipinski definition) is 5. The van der Waals surface area contributed by atoms with Crippen molar-refractivity contribution in [3.63, 3.8) is 0 Å². The predicted molar refractivity (Wildman–Crippen MR) is 96.4 cm³/mol. The van der Waals surface area contributed by atoms with E-state index in [1.54, 1.807) is 12.4 Å². The maximum Gasteiger partial charge on any atom is 0.191 e. The lowest BCUT2D eigenvalue weighted by atomic mass is 10.2. The van der Waals surface area contributed by atoms with Crippen LogP contribution in [-0.4, -0.2) is 16.5 Å². The van der Waals surface area contributed by atoms with Gasteiger partial charge in [-0.15, -0.1) is 0 Å². The molecular weight excluding hydrogens is 314 g/mol. The Morgan fingerprint density at radius 3 is 2.44 bits per heavy atom. The summed E-state index contributed by atoms with van der Waals surface area (Å²) in [4.78, 5) is 8.39. The highest BCUT2D eigenvalue weighted by molar-refractivity contribution is 5.27. The molecule has 0 aliphatic carbocycles. The standard InChI is InChI=1S/C20H23N3O2/c1-15-20(23-16(2)25-15)9-12-22-13-17-3-5-19(6-4-17)24-14-18-7-10-21-11-8-18/h3-8,10-11,22H,9,12-14H2,1-2H3. The van der Waals surface area contributed by atoms with Crippen LogP contribution < -0.4 is 10.1 Å². The third-order valence-electron chi connectivity index (χ3n) is 3.95. The van der Waals surface area contributed by atoms with Crippen LogP contribution in [0, 0.1) is 13.8 Å². The molecule has 0 saturated carbocycles. The van der Waals surface area contributed by atoms with Crippen molar-refractivity contribution in [3.05, 3.63) is 77.3 Å². The fourth-order valence-electron chi connectivity index (χ4n) is 2.59. The van der Waals surface area contributed by atoms with Crippen LogP contribution in [0.25, 0.3) is 0 Å². The highest BCUT2D eigenvalue weighted by atomic mass is 16.5. The first-order chi connectivity index (χ1) is 12.2. The Bertz CT molecular complexity index is 782. The zero-order valence-electron chi connectivity index (χ0n) is 14.7. The molecule has 0 spiro atoms. The molecule has 0 bridgehead atoms. The Balaban J connectivity index is 1.41. The second-order valence-corrected chi connectivity index (χ2v) is 5.95. The van der Waals surface area contributed by atoms with Gasteiger partial charge in [-0.3, -0.25) is 4.98 Å². The van der Waals surface area contributed by atoms with E-state index in [9.17, 15) is 0 Å². The van der Waals surface area contributed by atoms with Crippen LogP contribution in [0.2, 0.25) is 0 Å². The Morgan fingerprint density at radius 1 is 1.00 bits per heavy atom. The van der Waals surface area contributed by atoms with Gasteiger partial charge in [0.1, 0.15) is 18.1 Å². The van der Waals surface area contributed by atoms with Gasteiger partial charge in [-0.25, -0.2) is 4.98 Å². The number of ether oxygens (including phenoxy) is 1. The van der Waals surface area contributed by atoms with E-state index in [0.717, 1.165) is 48.2 Å². The molecular formula is C20H23N3O2. The minimum atomic E-state index is 0.552. The van der Waals surface area contributed by atoms with Crippen LogP contribution in [0.1, 0.15) is 28.5 Å². The number of nitrogens with one attached hydrogen (secondary N) is 1. The summed E-state index contributed by atoms with van der Waals surface area (Å²) in [5, 5.41) is 3.43. The summed E-state index contributed by atoms with van der Waals surface area (Å²) in [6.07, 6.45) is 4.42. The molecule has 3 rings (SSSR count). The summed E-state index contributed by atoms with van der Waals surface area (Å²) in [5.74, 6) is 2.51. The number of hydrogen-bond donors (Lipinski definition) is 1. The van der Waals surface area contributed by atoms with Crippen molar-refractivity contribution in [2.45, 2.75) is 33.4 Å². The minimum Gasteiger partial charge on any atom is -0.489 e. The maximum absolute atomic E-state index is 5.78. The summed E-state index contributed by atoms with van der Waals surface area (Å²) >= 11 is 0. The third kappa shape index (κ3) is 5.16. The number of aromatic nitrogens is 2. The molecule has 0 saturated heterocycles. The molecule has 0 unspecified atom stereocenters. The third-order valence-corrected chi connectivity index (χ3v) is 3.95. The minimum absolute atomic E-state index is 0.552. The number of pyridine rings is 1. The smallest absolute Gasteiger partial charge is 0.191 e. The van der Waals surface area contributed by atoms with Crippen molar-refractivity contribution in [1.82, 2.24) is 15.3 Å². The van der Waals surface area contributed by atoms with E-state index in [1.165, 1.54) is 5.56 Å². The zero-order valence-corrected chi connectivity index (χ0v) is 14.7. The van der Waals surface area contributed by atoms with Crippen LogP contribution in [-0.2, 0) is 19.6 Å². The molecule has 0 aliphatic heterocycles. The van der Waals surface area contributed by atoms with Crippen molar-refractivity contribution in [3.8, 4) is 5.75 Å². The molecule has 0 atom stereocenters. The van der Waals surface area contributed by atoms with Crippen LogP contribution in [0.3, 0.4) is 0 Å². The average molecular weight is 337 g/mol. The van der Waals surface area contributed by atoms with Crippen molar-refractivity contribution < 1.29 is 9.15 Å². The van der Waals surface area contributed by atoms with E-state index in [4.69, 9.17) is 9.15 Å². The van der Waals surface area contributed by atoms with Gasteiger partial charge >= 0.3 is 0 Å². The van der Waals surface area contributed by atoms with E-state index in [-0.39, 0.29) is 0 Å². The van der Waals surface area contributed by atoms with Gasteiger partial charge in [-0.05, 0) is 42.3 Å². The average Bonchev–Trinajstić information content (AvgIpc) is 2.96. The van der Waals surface area contributed by atoms with Gasteiger partial charge in [0.2, 0.25) is 0 Å². The molecule has 0 radical (unpaired) electrons. The Labute approximate surface area is 148 Å². The molecule has 5 nitrogen and oxygen atoms in total. The van der Waals surface area contributed by atoms with Crippen LogP contribution in [0.15, 0.2) is 53.2 Å². The molecule has 1 aromatic carbocycles. The normalized spacial score (nSPS) is 10.8. The molecule has 5 heteroatoms. The fraction of sp³-hybridized carbons (Fsp3) is 0.300. The highest BCUT2D eigenvalue weighted by Gasteiger charge is 2.05. The Morgan fingerprint density at radius 2 is 1.76 bits per heavy atom. The van der Waals surface area contributed by atoms with E-state index in [2.05, 4.69) is 27.4 Å². The lowest BCUT2D eigenvalue weighted by Crippen LogP contribution is -2.17. The van der Waals surface area contributed by atoms with Gasteiger partial charge in [0.05, 0.1) is 5.69 Å². The van der Waals surface area contributed by atoms with Crippen LogP contribution in [0.4, 0.5) is 0 Å². The molecule has 2 heterocycles. The monoisotopic (exact) mass is 337 g/mol. The van der Waals surface area contributed by atoms with Gasteiger partial charge in [-0.1, -0.05) is 12.1 Å². The lowest BCUT2D eigenvalue weighted by molar-refractivity contribution is 0.306.